The number of H-pyrrole nitrogens is 1. The van der Waals surface area contributed by atoms with E-state index in [0.29, 0.717) is 11.7 Å². The van der Waals surface area contributed by atoms with Crippen LogP contribution in [0.1, 0.15) is 15.7 Å². The first-order chi connectivity index (χ1) is 8.13. The van der Waals surface area contributed by atoms with Crippen LogP contribution in [0, 0.1) is 6.92 Å². The number of nitrogens with one attached hydrogen (secondary N) is 1. The van der Waals surface area contributed by atoms with Crippen molar-refractivity contribution in [1.82, 2.24) is 14.8 Å². The van der Waals surface area contributed by atoms with Crippen LogP contribution < -0.4 is 11.4 Å². The van der Waals surface area contributed by atoms with Gasteiger partial charge in [-0.1, -0.05) is 11.8 Å². The molecular weight excluding hydrogens is 256 g/mol. The molecule has 2 aromatic rings. The van der Waals surface area contributed by atoms with Gasteiger partial charge in [-0.3, -0.25) is 4.57 Å². The van der Waals surface area contributed by atoms with Gasteiger partial charge in [-0.05, 0) is 23.9 Å². The molecule has 1 atom stereocenters. The lowest BCUT2D eigenvalue weighted by molar-refractivity contribution is 0.761. The van der Waals surface area contributed by atoms with Crippen molar-refractivity contribution in [3.05, 3.63) is 32.4 Å². The molecule has 3 N–H and O–H groups in total. The molecular formula is C10H14N4OS2. The number of rotatable bonds is 4. The van der Waals surface area contributed by atoms with Crippen molar-refractivity contribution in [2.75, 3.05) is 6.54 Å². The van der Waals surface area contributed by atoms with Gasteiger partial charge in [0.2, 0.25) is 0 Å². The number of aryl methyl sites for hydroxylation is 1. The Labute approximate surface area is 107 Å². The lowest BCUT2D eigenvalue weighted by Crippen LogP contribution is -2.14. The molecule has 17 heavy (non-hydrogen) atoms. The second-order valence-electron chi connectivity index (χ2n) is 3.68. The Morgan fingerprint density at radius 3 is 2.94 bits per heavy atom. The standard InChI is InChI=1S/C10H14N4OS2/c1-6-3-4-16-8(6)7(5-11)17-10-13-12-9(15)14(10)2/h3-4,7H,5,11H2,1-2H3,(H,12,15). The monoisotopic (exact) mass is 270 g/mol. The first kappa shape index (κ1) is 12.4. The highest BCUT2D eigenvalue weighted by Gasteiger charge is 2.18. The fourth-order valence-electron chi connectivity index (χ4n) is 1.49. The Morgan fingerprint density at radius 2 is 2.47 bits per heavy atom. The molecule has 1 unspecified atom stereocenters. The van der Waals surface area contributed by atoms with E-state index in [9.17, 15) is 4.79 Å². The van der Waals surface area contributed by atoms with E-state index in [1.54, 1.807) is 18.4 Å². The Hall–Kier alpha value is -1.05. The Kier molecular flexibility index (Phi) is 3.70. The third-order valence-electron chi connectivity index (χ3n) is 2.49. The van der Waals surface area contributed by atoms with Crippen LogP contribution in [0.5, 0.6) is 0 Å². The SMILES string of the molecule is Cc1ccsc1C(CN)Sc1n[nH]c(=O)n1C. The minimum absolute atomic E-state index is 0.142. The lowest BCUT2D eigenvalue weighted by atomic mass is 10.2. The van der Waals surface area contributed by atoms with Gasteiger partial charge in [0.25, 0.3) is 0 Å². The van der Waals surface area contributed by atoms with E-state index < -0.39 is 0 Å². The molecule has 2 aromatic heterocycles. The number of hydrogen-bond donors (Lipinski definition) is 2. The third-order valence-corrected chi connectivity index (χ3v) is 5.07. The van der Waals surface area contributed by atoms with Crippen LogP contribution in [0.3, 0.4) is 0 Å². The second-order valence-corrected chi connectivity index (χ2v) is 5.80. The summed E-state index contributed by atoms with van der Waals surface area (Å²) >= 11 is 3.20. The van der Waals surface area contributed by atoms with Crippen molar-refractivity contribution < 1.29 is 0 Å². The second kappa shape index (κ2) is 5.07. The number of thioether (sulfide) groups is 1. The third kappa shape index (κ3) is 2.46. The molecule has 0 saturated heterocycles. The van der Waals surface area contributed by atoms with Gasteiger partial charge in [0.1, 0.15) is 0 Å². The molecule has 0 saturated carbocycles. The molecule has 0 aromatic carbocycles. The van der Waals surface area contributed by atoms with E-state index in [2.05, 4.69) is 28.6 Å². The zero-order chi connectivity index (χ0) is 12.4. The number of aromatic amines is 1. The van der Waals surface area contributed by atoms with Crippen molar-refractivity contribution in [3.8, 4) is 0 Å². The lowest BCUT2D eigenvalue weighted by Gasteiger charge is -2.12. The molecule has 2 heterocycles. The predicted molar refractivity (Wildman–Crippen MR) is 70.5 cm³/mol. The maximum atomic E-state index is 11.3. The number of nitrogens with two attached hydrogens (primary N) is 1. The van der Waals surface area contributed by atoms with Crippen molar-refractivity contribution >= 4 is 23.1 Å². The number of thiophene rings is 1. The molecule has 0 bridgehead atoms. The summed E-state index contributed by atoms with van der Waals surface area (Å²) in [5.41, 5.74) is 6.83. The molecule has 5 nitrogen and oxygen atoms in total. The summed E-state index contributed by atoms with van der Waals surface area (Å²) < 4.78 is 1.50. The topological polar surface area (TPSA) is 76.7 Å². The first-order valence-corrected chi connectivity index (χ1v) is 6.91. The number of hydrogen-bond acceptors (Lipinski definition) is 5. The van der Waals surface area contributed by atoms with Crippen molar-refractivity contribution in [3.63, 3.8) is 0 Å². The van der Waals surface area contributed by atoms with Crippen molar-refractivity contribution in [1.29, 1.82) is 0 Å². The summed E-state index contributed by atoms with van der Waals surface area (Å²) in [4.78, 5) is 12.5. The fourth-order valence-corrected chi connectivity index (χ4v) is 3.70. The van der Waals surface area contributed by atoms with E-state index in [1.165, 1.54) is 26.8 Å². The molecule has 7 heteroatoms. The average Bonchev–Trinajstić information content (AvgIpc) is 2.86. The molecule has 2 rings (SSSR count). The molecule has 0 radical (unpaired) electrons. The quantitative estimate of drug-likeness (QED) is 0.820. The molecule has 0 aliphatic heterocycles. The van der Waals surface area contributed by atoms with Gasteiger partial charge in [0, 0.05) is 18.5 Å². The van der Waals surface area contributed by atoms with Crippen molar-refractivity contribution in [2.24, 2.45) is 12.8 Å². The zero-order valence-electron chi connectivity index (χ0n) is 9.64. The fraction of sp³-hybridized carbons (Fsp3) is 0.400. The Morgan fingerprint density at radius 1 is 1.71 bits per heavy atom. The Bertz CT molecular complexity index is 557. The molecule has 0 fully saturated rings. The molecule has 0 spiro atoms. The van der Waals surface area contributed by atoms with Gasteiger partial charge in [-0.25, -0.2) is 9.89 Å². The Balaban J connectivity index is 2.24. The smallest absolute Gasteiger partial charge is 0.329 e. The van der Waals surface area contributed by atoms with Gasteiger partial charge in [0.15, 0.2) is 5.16 Å². The highest BCUT2D eigenvalue weighted by atomic mass is 32.2. The van der Waals surface area contributed by atoms with Crippen LogP contribution in [-0.2, 0) is 7.05 Å². The molecule has 0 amide bonds. The maximum Gasteiger partial charge on any atom is 0.343 e. The first-order valence-electron chi connectivity index (χ1n) is 5.15. The summed E-state index contributed by atoms with van der Waals surface area (Å²) in [7, 11) is 1.70. The minimum atomic E-state index is -0.203. The summed E-state index contributed by atoms with van der Waals surface area (Å²) in [6.07, 6.45) is 0. The average molecular weight is 270 g/mol. The minimum Gasteiger partial charge on any atom is -0.329 e. The van der Waals surface area contributed by atoms with Crippen LogP contribution >= 0.6 is 23.1 Å². The van der Waals surface area contributed by atoms with Crippen molar-refractivity contribution in [2.45, 2.75) is 17.3 Å². The zero-order valence-corrected chi connectivity index (χ0v) is 11.3. The van der Waals surface area contributed by atoms with Gasteiger partial charge in [-0.15, -0.1) is 16.4 Å². The normalized spacial score (nSPS) is 12.9. The van der Waals surface area contributed by atoms with E-state index in [1.807, 2.05) is 0 Å². The summed E-state index contributed by atoms with van der Waals surface area (Å²) in [5, 5.41) is 9.27. The van der Waals surface area contributed by atoms with Gasteiger partial charge in [-0.2, -0.15) is 0 Å². The summed E-state index contributed by atoms with van der Waals surface area (Å²) in [6, 6.07) is 2.08. The highest BCUT2D eigenvalue weighted by Crippen LogP contribution is 2.36. The predicted octanol–water partition coefficient (Wildman–Crippen LogP) is 1.27. The number of nitrogens with zero attached hydrogens (tertiary/aromatic N) is 2. The van der Waals surface area contributed by atoms with Crippen LogP contribution in [0.15, 0.2) is 21.4 Å². The summed E-state index contributed by atoms with van der Waals surface area (Å²) in [6.45, 7) is 2.59. The van der Waals surface area contributed by atoms with E-state index in [0.717, 1.165) is 0 Å². The molecule has 92 valence electrons. The van der Waals surface area contributed by atoms with Crippen LogP contribution in [0.2, 0.25) is 0 Å². The van der Waals surface area contributed by atoms with Gasteiger partial charge in [0.05, 0.1) is 5.25 Å². The van der Waals surface area contributed by atoms with Gasteiger partial charge >= 0.3 is 5.69 Å². The molecule has 0 aliphatic rings. The summed E-state index contributed by atoms with van der Waals surface area (Å²) in [5.74, 6) is 0. The number of aromatic nitrogens is 3. The van der Waals surface area contributed by atoms with Crippen LogP contribution in [0.4, 0.5) is 0 Å². The van der Waals surface area contributed by atoms with Gasteiger partial charge < -0.3 is 5.73 Å². The van der Waals surface area contributed by atoms with E-state index in [4.69, 9.17) is 5.73 Å². The molecule has 0 aliphatic carbocycles. The largest absolute Gasteiger partial charge is 0.343 e. The van der Waals surface area contributed by atoms with E-state index in [-0.39, 0.29) is 10.9 Å². The van der Waals surface area contributed by atoms with Crippen LogP contribution in [0.25, 0.3) is 0 Å². The van der Waals surface area contributed by atoms with E-state index >= 15 is 0 Å². The van der Waals surface area contributed by atoms with Crippen LogP contribution in [-0.4, -0.2) is 21.3 Å². The maximum absolute atomic E-state index is 11.3. The highest BCUT2D eigenvalue weighted by molar-refractivity contribution is 7.99.